The van der Waals surface area contributed by atoms with Gasteiger partial charge < -0.3 is 14.6 Å². The molecule has 1 fully saturated rings. The molecule has 9 heteroatoms. The molecular formula is C19H15BrN2O6. The van der Waals surface area contributed by atoms with Crippen LogP contribution in [0.3, 0.4) is 0 Å². The molecule has 1 aliphatic heterocycles. The molecule has 3 rings (SSSR count). The number of nitrogens with zero attached hydrogens (tertiary/aromatic N) is 1. The van der Waals surface area contributed by atoms with Crippen molar-refractivity contribution >= 4 is 45.5 Å². The highest BCUT2D eigenvalue weighted by atomic mass is 79.9. The number of halogens is 1. The summed E-state index contributed by atoms with van der Waals surface area (Å²) in [5.41, 5.74) is 3.21. The molecular weight excluding hydrogens is 432 g/mol. The third kappa shape index (κ3) is 3.99. The van der Waals surface area contributed by atoms with E-state index in [0.29, 0.717) is 15.7 Å². The molecule has 144 valence electrons. The van der Waals surface area contributed by atoms with Gasteiger partial charge in [0.05, 0.1) is 12.8 Å². The van der Waals surface area contributed by atoms with Crippen molar-refractivity contribution in [2.24, 2.45) is 0 Å². The smallest absolute Gasteiger partial charge is 0.341 e. The minimum atomic E-state index is -1.17. The fraction of sp³-hybridized carbons (Fsp3) is 0.105. The molecule has 1 aliphatic rings. The van der Waals surface area contributed by atoms with E-state index >= 15 is 0 Å². The first-order valence-electron chi connectivity index (χ1n) is 8.05. The molecule has 0 aromatic heterocycles. The van der Waals surface area contributed by atoms with Crippen LogP contribution in [0.5, 0.6) is 11.5 Å². The molecule has 0 spiro atoms. The molecule has 0 bridgehead atoms. The predicted molar refractivity (Wildman–Crippen MR) is 104 cm³/mol. The number of methoxy groups -OCH3 is 1. The van der Waals surface area contributed by atoms with Crippen molar-refractivity contribution in [2.45, 2.75) is 0 Å². The Morgan fingerprint density at radius 3 is 2.61 bits per heavy atom. The van der Waals surface area contributed by atoms with Crippen LogP contribution in [0.2, 0.25) is 0 Å². The molecule has 2 N–H and O–H groups in total. The number of amides is 2. The average Bonchev–Trinajstić information content (AvgIpc) is 2.95. The summed E-state index contributed by atoms with van der Waals surface area (Å²) in [6.07, 6.45) is 1.34. The third-order valence-electron chi connectivity index (χ3n) is 3.81. The van der Waals surface area contributed by atoms with Crippen LogP contribution >= 0.6 is 15.9 Å². The number of hydrogen-bond donors (Lipinski definition) is 2. The topological polar surface area (TPSA) is 105 Å². The summed E-state index contributed by atoms with van der Waals surface area (Å²) in [4.78, 5) is 36.0. The lowest BCUT2D eigenvalue weighted by Gasteiger charge is -2.14. The first-order valence-corrected chi connectivity index (χ1v) is 8.84. The van der Waals surface area contributed by atoms with Crippen LogP contribution in [0.15, 0.2) is 52.5 Å². The van der Waals surface area contributed by atoms with Crippen LogP contribution in [0.25, 0.3) is 6.08 Å². The SMILES string of the molecule is COc1cc(Br)cc(C=C2C(=O)NN(c3ccccc3)C2=O)c1OCC(=O)O. The predicted octanol–water partition coefficient (Wildman–Crippen LogP) is 2.38. The molecule has 28 heavy (non-hydrogen) atoms. The van der Waals surface area contributed by atoms with Gasteiger partial charge in [0.25, 0.3) is 11.8 Å². The Hall–Kier alpha value is -3.33. The Labute approximate surface area is 168 Å². The van der Waals surface area contributed by atoms with Crippen LogP contribution in [0.1, 0.15) is 5.56 Å². The number of aliphatic carboxylic acids is 1. The lowest BCUT2D eigenvalue weighted by atomic mass is 10.1. The number of benzene rings is 2. The number of carboxylic acids is 1. The number of carbonyl (C=O) groups is 3. The maximum Gasteiger partial charge on any atom is 0.341 e. The van der Waals surface area contributed by atoms with Gasteiger partial charge in [-0.3, -0.25) is 15.0 Å². The number of nitrogens with one attached hydrogen (secondary N) is 1. The maximum absolute atomic E-state index is 12.7. The van der Waals surface area contributed by atoms with Gasteiger partial charge in [-0.05, 0) is 30.3 Å². The summed E-state index contributed by atoms with van der Waals surface area (Å²) in [6, 6.07) is 11.8. The number of rotatable bonds is 6. The van der Waals surface area contributed by atoms with E-state index in [1.165, 1.54) is 13.2 Å². The van der Waals surface area contributed by atoms with Crippen molar-refractivity contribution in [1.82, 2.24) is 5.43 Å². The van der Waals surface area contributed by atoms with Gasteiger partial charge in [-0.1, -0.05) is 34.1 Å². The zero-order chi connectivity index (χ0) is 20.3. The minimum Gasteiger partial charge on any atom is -0.493 e. The highest BCUT2D eigenvalue weighted by molar-refractivity contribution is 9.10. The van der Waals surface area contributed by atoms with Crippen molar-refractivity contribution in [3.8, 4) is 11.5 Å². The minimum absolute atomic E-state index is 0.111. The zero-order valence-corrected chi connectivity index (χ0v) is 16.2. The van der Waals surface area contributed by atoms with Gasteiger partial charge in [0, 0.05) is 10.0 Å². The number of carboxylic acid groups (broad SMARTS) is 1. The number of carbonyl (C=O) groups excluding carboxylic acids is 2. The van der Waals surface area contributed by atoms with Crippen molar-refractivity contribution in [1.29, 1.82) is 0 Å². The molecule has 2 amide bonds. The largest absolute Gasteiger partial charge is 0.493 e. The molecule has 0 saturated carbocycles. The molecule has 0 atom stereocenters. The summed E-state index contributed by atoms with van der Waals surface area (Å²) in [5, 5.41) is 10.0. The first-order chi connectivity index (χ1) is 13.4. The van der Waals surface area contributed by atoms with Crippen molar-refractivity contribution in [3.63, 3.8) is 0 Å². The quantitative estimate of drug-likeness (QED) is 0.521. The highest BCUT2D eigenvalue weighted by Crippen LogP contribution is 2.37. The van der Waals surface area contributed by atoms with Crippen molar-refractivity contribution in [3.05, 3.63) is 58.1 Å². The fourth-order valence-corrected chi connectivity index (χ4v) is 3.06. The summed E-state index contributed by atoms with van der Waals surface area (Å²) >= 11 is 3.32. The summed E-state index contributed by atoms with van der Waals surface area (Å²) in [5.74, 6) is -1.93. The van der Waals surface area contributed by atoms with E-state index in [-0.39, 0.29) is 17.1 Å². The summed E-state index contributed by atoms with van der Waals surface area (Å²) < 4.78 is 11.2. The molecule has 2 aromatic rings. The van der Waals surface area contributed by atoms with E-state index < -0.39 is 24.4 Å². The van der Waals surface area contributed by atoms with Gasteiger partial charge in [0.2, 0.25) is 0 Å². The Morgan fingerprint density at radius 1 is 1.25 bits per heavy atom. The Kier molecular flexibility index (Phi) is 5.65. The molecule has 0 radical (unpaired) electrons. The van der Waals surface area contributed by atoms with E-state index in [4.69, 9.17) is 14.6 Å². The molecule has 2 aromatic carbocycles. The first kappa shape index (κ1) is 19.4. The van der Waals surface area contributed by atoms with E-state index in [0.717, 1.165) is 5.01 Å². The van der Waals surface area contributed by atoms with Gasteiger partial charge in [-0.25, -0.2) is 9.80 Å². The van der Waals surface area contributed by atoms with Crippen LogP contribution in [-0.4, -0.2) is 36.6 Å². The molecule has 0 aliphatic carbocycles. The zero-order valence-electron chi connectivity index (χ0n) is 14.6. The standard InChI is InChI=1S/C19H15BrN2O6/c1-27-15-9-12(20)7-11(17(15)28-10-16(23)24)8-14-18(25)21-22(19(14)26)13-5-3-2-4-6-13/h2-9H,10H2,1H3,(H,21,25)(H,23,24). The maximum atomic E-state index is 12.7. The fourth-order valence-electron chi connectivity index (χ4n) is 2.61. The van der Waals surface area contributed by atoms with Gasteiger partial charge in [0.15, 0.2) is 18.1 Å². The monoisotopic (exact) mass is 446 g/mol. The van der Waals surface area contributed by atoms with Crippen LogP contribution in [0, 0.1) is 0 Å². The van der Waals surface area contributed by atoms with E-state index in [2.05, 4.69) is 21.4 Å². The normalized spacial score (nSPS) is 14.9. The second-order valence-electron chi connectivity index (χ2n) is 5.68. The Balaban J connectivity index is 2.02. The Morgan fingerprint density at radius 2 is 1.96 bits per heavy atom. The molecule has 0 unspecified atom stereocenters. The van der Waals surface area contributed by atoms with Gasteiger partial charge in [-0.2, -0.15) is 0 Å². The van der Waals surface area contributed by atoms with Crippen LogP contribution in [0.4, 0.5) is 5.69 Å². The number of hydrazine groups is 1. The van der Waals surface area contributed by atoms with Crippen molar-refractivity contribution in [2.75, 3.05) is 18.7 Å². The molecule has 1 saturated heterocycles. The van der Waals surface area contributed by atoms with E-state index in [9.17, 15) is 14.4 Å². The lowest BCUT2D eigenvalue weighted by Crippen LogP contribution is -2.35. The summed E-state index contributed by atoms with van der Waals surface area (Å²) in [7, 11) is 1.40. The molecule has 1 heterocycles. The lowest BCUT2D eigenvalue weighted by molar-refractivity contribution is -0.139. The van der Waals surface area contributed by atoms with Gasteiger partial charge >= 0.3 is 5.97 Å². The second-order valence-corrected chi connectivity index (χ2v) is 6.60. The Bertz CT molecular complexity index is 974. The van der Waals surface area contributed by atoms with Gasteiger partial charge in [-0.15, -0.1) is 0 Å². The third-order valence-corrected chi connectivity index (χ3v) is 4.27. The van der Waals surface area contributed by atoms with E-state index in [1.807, 2.05) is 0 Å². The number of para-hydroxylation sites is 1. The second kappa shape index (κ2) is 8.13. The highest BCUT2D eigenvalue weighted by Gasteiger charge is 2.34. The van der Waals surface area contributed by atoms with E-state index in [1.54, 1.807) is 42.5 Å². The number of hydrogen-bond acceptors (Lipinski definition) is 5. The summed E-state index contributed by atoms with van der Waals surface area (Å²) in [6.45, 7) is -0.607. The van der Waals surface area contributed by atoms with Gasteiger partial charge in [0.1, 0.15) is 5.57 Å². The van der Waals surface area contributed by atoms with Crippen LogP contribution in [-0.2, 0) is 14.4 Å². The number of ether oxygens (including phenoxy) is 2. The number of anilines is 1. The van der Waals surface area contributed by atoms with Crippen molar-refractivity contribution < 1.29 is 29.0 Å². The van der Waals surface area contributed by atoms with Crippen LogP contribution < -0.4 is 19.9 Å². The average molecular weight is 447 g/mol. The molecule has 8 nitrogen and oxygen atoms in total.